The maximum Gasteiger partial charge on any atom is 0.338 e. The van der Waals surface area contributed by atoms with E-state index in [-0.39, 0.29) is 29.0 Å². The van der Waals surface area contributed by atoms with Crippen molar-refractivity contribution in [2.24, 2.45) is 0 Å². The molecule has 1 saturated heterocycles. The van der Waals surface area contributed by atoms with Gasteiger partial charge in [0.05, 0.1) is 10.5 Å². The summed E-state index contributed by atoms with van der Waals surface area (Å²) in [6.45, 7) is 4.61. The monoisotopic (exact) mass is 410 g/mol. The van der Waals surface area contributed by atoms with Crippen LogP contribution in [0.25, 0.3) is 0 Å². The summed E-state index contributed by atoms with van der Waals surface area (Å²) in [6, 6.07) is 5.70. The smallest absolute Gasteiger partial charge is 0.338 e. The highest BCUT2D eigenvalue weighted by atomic mass is 32.2. The Balaban J connectivity index is 1.94. The largest absolute Gasteiger partial charge is 0.452 e. The van der Waals surface area contributed by atoms with Gasteiger partial charge in [-0.2, -0.15) is 4.31 Å². The van der Waals surface area contributed by atoms with Crippen molar-refractivity contribution in [3.8, 4) is 0 Å². The number of benzene rings is 1. The third-order valence-electron chi connectivity index (χ3n) is 4.76. The van der Waals surface area contributed by atoms with Gasteiger partial charge in [-0.3, -0.25) is 4.79 Å². The van der Waals surface area contributed by atoms with Crippen molar-refractivity contribution in [1.29, 1.82) is 0 Å². The maximum atomic E-state index is 12.7. The molecule has 1 aliphatic rings. The zero-order chi connectivity index (χ0) is 20.6. The first-order valence-corrected chi connectivity index (χ1v) is 11.3. The molecule has 1 aromatic rings. The molecule has 156 valence electrons. The Bertz CT molecular complexity index is 753. The number of nitrogens with zero attached hydrogens (tertiary/aromatic N) is 1. The summed E-state index contributed by atoms with van der Waals surface area (Å²) in [5, 5.41) is 2.76. The van der Waals surface area contributed by atoms with Crippen molar-refractivity contribution < 1.29 is 22.7 Å². The van der Waals surface area contributed by atoms with E-state index in [4.69, 9.17) is 4.74 Å². The van der Waals surface area contributed by atoms with Gasteiger partial charge < -0.3 is 10.1 Å². The topological polar surface area (TPSA) is 92.8 Å². The molecule has 8 heteroatoms. The molecule has 1 amide bonds. The molecule has 0 radical (unpaired) electrons. The van der Waals surface area contributed by atoms with Gasteiger partial charge in [0.15, 0.2) is 6.61 Å². The van der Waals surface area contributed by atoms with Gasteiger partial charge in [0, 0.05) is 19.1 Å². The van der Waals surface area contributed by atoms with E-state index in [1.54, 1.807) is 0 Å². The van der Waals surface area contributed by atoms with E-state index in [0.29, 0.717) is 13.1 Å². The van der Waals surface area contributed by atoms with Crippen LogP contribution in [-0.2, 0) is 19.6 Å². The Morgan fingerprint density at radius 1 is 1.11 bits per heavy atom. The van der Waals surface area contributed by atoms with Gasteiger partial charge in [-0.1, -0.05) is 26.2 Å². The molecule has 1 atom stereocenters. The summed E-state index contributed by atoms with van der Waals surface area (Å²) in [5.74, 6) is -1.01. The van der Waals surface area contributed by atoms with Crippen LogP contribution < -0.4 is 5.32 Å². The van der Waals surface area contributed by atoms with Crippen molar-refractivity contribution in [2.45, 2.75) is 63.3 Å². The molecule has 0 bridgehead atoms. The first-order chi connectivity index (χ1) is 13.3. The lowest BCUT2D eigenvalue weighted by Crippen LogP contribution is -2.35. The average Bonchev–Trinajstić information content (AvgIpc) is 2.96. The minimum absolute atomic E-state index is 0.0275. The summed E-state index contributed by atoms with van der Waals surface area (Å²) in [5.41, 5.74) is 0.212. The van der Waals surface area contributed by atoms with Gasteiger partial charge in [0.2, 0.25) is 10.0 Å². The van der Waals surface area contributed by atoms with Crippen LogP contribution in [0.4, 0.5) is 0 Å². The first kappa shape index (κ1) is 22.4. The zero-order valence-electron chi connectivity index (χ0n) is 16.6. The quantitative estimate of drug-likeness (QED) is 0.665. The number of rotatable bonds is 8. The summed E-state index contributed by atoms with van der Waals surface area (Å²) < 4.78 is 32.0. The van der Waals surface area contributed by atoms with Crippen molar-refractivity contribution in [1.82, 2.24) is 9.62 Å². The molecular formula is C20H30N2O5S. The Labute approximate surface area is 167 Å². The molecule has 1 fully saturated rings. The third kappa shape index (κ3) is 6.31. The summed E-state index contributed by atoms with van der Waals surface area (Å²) >= 11 is 0. The normalized spacial score (nSPS) is 16.8. The molecule has 0 aromatic heterocycles. The van der Waals surface area contributed by atoms with Crippen LogP contribution in [0.2, 0.25) is 0 Å². The van der Waals surface area contributed by atoms with E-state index >= 15 is 0 Å². The zero-order valence-corrected chi connectivity index (χ0v) is 17.5. The lowest BCUT2D eigenvalue weighted by molar-refractivity contribution is -0.124. The molecule has 1 heterocycles. The van der Waals surface area contributed by atoms with Crippen LogP contribution in [0, 0.1) is 0 Å². The Kier molecular flexibility index (Phi) is 8.44. The predicted octanol–water partition coefficient (Wildman–Crippen LogP) is 2.71. The van der Waals surface area contributed by atoms with Crippen LogP contribution in [0.15, 0.2) is 29.2 Å². The molecule has 0 unspecified atom stereocenters. The lowest BCUT2D eigenvalue weighted by atomic mass is 10.2. The van der Waals surface area contributed by atoms with E-state index in [0.717, 1.165) is 38.5 Å². The third-order valence-corrected chi connectivity index (χ3v) is 6.67. The molecule has 28 heavy (non-hydrogen) atoms. The van der Waals surface area contributed by atoms with Crippen molar-refractivity contribution in [3.05, 3.63) is 29.8 Å². The number of nitrogens with one attached hydrogen (secondary N) is 1. The average molecular weight is 411 g/mol. The number of hydrogen-bond donors (Lipinski definition) is 1. The fourth-order valence-corrected chi connectivity index (χ4v) is 4.75. The Hall–Kier alpha value is -1.93. The highest BCUT2D eigenvalue weighted by Crippen LogP contribution is 2.20. The number of esters is 1. The molecule has 0 saturated carbocycles. The SMILES string of the molecule is CCC[C@H](C)NC(=O)COC(=O)c1ccc(S(=O)(=O)N2CCCCCC2)cc1. The van der Waals surface area contributed by atoms with Crippen LogP contribution >= 0.6 is 0 Å². The standard InChI is InChI=1S/C20H30N2O5S/c1-3-8-16(2)21-19(23)15-27-20(24)17-9-11-18(12-10-17)28(25,26)22-13-6-4-5-7-14-22/h9-12,16H,3-8,13-15H2,1-2H3,(H,21,23)/t16-/m0/s1. The molecule has 0 spiro atoms. The fourth-order valence-electron chi connectivity index (χ4n) is 3.23. The molecular weight excluding hydrogens is 380 g/mol. The Morgan fingerprint density at radius 2 is 1.71 bits per heavy atom. The number of ether oxygens (including phenoxy) is 1. The number of amides is 1. The van der Waals surface area contributed by atoms with Gasteiger partial charge in [-0.15, -0.1) is 0 Å². The number of carbonyl (C=O) groups excluding carboxylic acids is 2. The molecule has 1 aliphatic heterocycles. The second-order valence-corrected chi connectivity index (χ2v) is 9.11. The molecule has 0 aliphatic carbocycles. The molecule has 1 N–H and O–H groups in total. The van der Waals surface area contributed by atoms with Crippen molar-refractivity contribution >= 4 is 21.9 Å². The van der Waals surface area contributed by atoms with Gasteiger partial charge in [-0.25, -0.2) is 13.2 Å². The van der Waals surface area contributed by atoms with E-state index < -0.39 is 16.0 Å². The van der Waals surface area contributed by atoms with Crippen LogP contribution in [0.1, 0.15) is 62.7 Å². The van der Waals surface area contributed by atoms with Gasteiger partial charge in [0.25, 0.3) is 5.91 Å². The van der Waals surface area contributed by atoms with Gasteiger partial charge in [-0.05, 0) is 50.5 Å². The number of sulfonamides is 1. The van der Waals surface area contributed by atoms with Crippen LogP contribution in [-0.4, -0.2) is 50.3 Å². The van der Waals surface area contributed by atoms with E-state index in [1.807, 2.05) is 13.8 Å². The second kappa shape index (κ2) is 10.6. The number of carbonyl (C=O) groups is 2. The van der Waals surface area contributed by atoms with Gasteiger partial charge in [0.1, 0.15) is 0 Å². The second-order valence-electron chi connectivity index (χ2n) is 7.18. The number of hydrogen-bond acceptors (Lipinski definition) is 5. The fraction of sp³-hybridized carbons (Fsp3) is 0.600. The summed E-state index contributed by atoms with van der Waals surface area (Å²) in [7, 11) is -3.56. The first-order valence-electron chi connectivity index (χ1n) is 9.91. The summed E-state index contributed by atoms with van der Waals surface area (Å²) in [6.07, 6.45) is 5.62. The van der Waals surface area contributed by atoms with Crippen molar-refractivity contribution in [3.63, 3.8) is 0 Å². The van der Waals surface area contributed by atoms with E-state index in [2.05, 4.69) is 5.32 Å². The molecule has 7 nitrogen and oxygen atoms in total. The van der Waals surface area contributed by atoms with Crippen LogP contribution in [0.5, 0.6) is 0 Å². The lowest BCUT2D eigenvalue weighted by Gasteiger charge is -2.20. The van der Waals surface area contributed by atoms with E-state index in [9.17, 15) is 18.0 Å². The van der Waals surface area contributed by atoms with E-state index in [1.165, 1.54) is 28.6 Å². The maximum absolute atomic E-state index is 12.7. The minimum atomic E-state index is -3.56. The highest BCUT2D eigenvalue weighted by Gasteiger charge is 2.25. The van der Waals surface area contributed by atoms with Gasteiger partial charge >= 0.3 is 5.97 Å². The predicted molar refractivity (Wildman–Crippen MR) is 106 cm³/mol. The highest BCUT2D eigenvalue weighted by molar-refractivity contribution is 7.89. The molecule has 1 aromatic carbocycles. The van der Waals surface area contributed by atoms with Crippen LogP contribution in [0.3, 0.4) is 0 Å². The van der Waals surface area contributed by atoms with Crippen molar-refractivity contribution in [2.75, 3.05) is 19.7 Å². The summed E-state index contributed by atoms with van der Waals surface area (Å²) in [4.78, 5) is 24.1. The molecule has 2 rings (SSSR count). The Morgan fingerprint density at radius 3 is 2.29 bits per heavy atom. The minimum Gasteiger partial charge on any atom is -0.452 e.